The molecule has 24 heavy (non-hydrogen) atoms. The van der Waals surface area contributed by atoms with Gasteiger partial charge in [0, 0.05) is 17.8 Å². The second-order valence-electron chi connectivity index (χ2n) is 7.43. The molecular formula is C19H28N2O2Si. The summed E-state index contributed by atoms with van der Waals surface area (Å²) in [7, 11) is -1.81. The highest BCUT2D eigenvalue weighted by molar-refractivity contribution is 6.82. The Kier molecular flexibility index (Phi) is 5.33. The van der Waals surface area contributed by atoms with Crippen LogP contribution in [0.15, 0.2) is 42.7 Å². The molecular weight excluding hydrogens is 316 g/mol. The van der Waals surface area contributed by atoms with Gasteiger partial charge in [0.1, 0.15) is 0 Å². The van der Waals surface area contributed by atoms with Crippen molar-refractivity contribution in [2.75, 3.05) is 0 Å². The lowest BCUT2D eigenvalue weighted by molar-refractivity contribution is -0.384. The summed E-state index contributed by atoms with van der Waals surface area (Å²) in [6.45, 7) is 13.9. The Morgan fingerprint density at radius 1 is 0.958 bits per heavy atom. The van der Waals surface area contributed by atoms with Gasteiger partial charge in [0.05, 0.1) is 10.5 Å². The average Bonchev–Trinajstić information content (AvgIpc) is 2.96. The van der Waals surface area contributed by atoms with Crippen molar-refractivity contribution < 1.29 is 4.92 Å². The van der Waals surface area contributed by atoms with E-state index in [0.717, 1.165) is 5.56 Å². The molecule has 5 heteroatoms. The molecule has 0 spiro atoms. The van der Waals surface area contributed by atoms with Crippen LogP contribution in [0.1, 0.15) is 41.5 Å². The first-order valence-corrected chi connectivity index (χ1v) is 10.8. The van der Waals surface area contributed by atoms with E-state index in [1.54, 1.807) is 12.1 Å². The molecule has 0 aliphatic rings. The maximum Gasteiger partial charge on any atom is 0.277 e. The van der Waals surface area contributed by atoms with Crippen molar-refractivity contribution in [1.82, 2.24) is 4.23 Å². The summed E-state index contributed by atoms with van der Waals surface area (Å²) in [5.41, 5.74) is 3.55. The highest BCUT2D eigenvalue weighted by atomic mass is 28.3. The van der Waals surface area contributed by atoms with E-state index in [4.69, 9.17) is 0 Å². The zero-order valence-corrected chi connectivity index (χ0v) is 16.5. The molecule has 0 saturated heterocycles. The highest BCUT2D eigenvalue weighted by Crippen LogP contribution is 2.43. The van der Waals surface area contributed by atoms with Gasteiger partial charge < -0.3 is 4.23 Å². The second-order valence-corrected chi connectivity index (χ2v) is 13.2. The third-order valence-electron chi connectivity index (χ3n) is 5.33. The molecule has 0 bridgehead atoms. The van der Waals surface area contributed by atoms with Gasteiger partial charge in [0.15, 0.2) is 8.24 Å². The van der Waals surface area contributed by atoms with Gasteiger partial charge >= 0.3 is 0 Å². The molecule has 2 rings (SSSR count). The number of nitrogens with zero attached hydrogens (tertiary/aromatic N) is 2. The van der Waals surface area contributed by atoms with Gasteiger partial charge in [-0.05, 0) is 35.0 Å². The fourth-order valence-electron chi connectivity index (χ4n) is 4.57. The second kappa shape index (κ2) is 6.93. The normalized spacial score (nSPS) is 12.4. The lowest BCUT2D eigenvalue weighted by Crippen LogP contribution is -2.51. The number of hydrogen-bond donors (Lipinski definition) is 0. The molecule has 0 unspecified atom stereocenters. The molecule has 1 aromatic heterocycles. The predicted molar refractivity (Wildman–Crippen MR) is 103 cm³/mol. The fraction of sp³-hybridized carbons (Fsp3) is 0.474. The first-order chi connectivity index (χ1) is 11.2. The number of benzene rings is 1. The van der Waals surface area contributed by atoms with E-state index < -0.39 is 8.24 Å². The maximum absolute atomic E-state index is 11.3. The van der Waals surface area contributed by atoms with Crippen LogP contribution in [-0.4, -0.2) is 17.4 Å². The molecule has 0 aliphatic heterocycles. The molecule has 4 nitrogen and oxygen atoms in total. The smallest absolute Gasteiger partial charge is 0.277 e. The third-order valence-corrected chi connectivity index (χ3v) is 12.0. The minimum atomic E-state index is -1.81. The van der Waals surface area contributed by atoms with Crippen molar-refractivity contribution in [2.45, 2.75) is 58.2 Å². The first-order valence-electron chi connectivity index (χ1n) is 8.65. The standard InChI is InChI=1S/C19H28N2O2Si/c1-14(2)24(15(3)4,16(5)6)20-12-11-17(13-20)18-9-7-8-10-19(18)21(22)23/h7-16H,1-6H3. The Bertz CT molecular complexity index is 698. The van der Waals surface area contributed by atoms with Crippen LogP contribution in [0.2, 0.25) is 16.6 Å². The van der Waals surface area contributed by atoms with Gasteiger partial charge in [-0.1, -0.05) is 53.7 Å². The number of nitro benzene ring substituents is 1. The van der Waals surface area contributed by atoms with Gasteiger partial charge in [-0.3, -0.25) is 10.1 Å². The Balaban J connectivity index is 2.60. The van der Waals surface area contributed by atoms with E-state index in [2.05, 4.69) is 58.2 Å². The molecule has 0 radical (unpaired) electrons. The van der Waals surface area contributed by atoms with Crippen LogP contribution in [0.5, 0.6) is 0 Å². The number of para-hydroxylation sites is 1. The van der Waals surface area contributed by atoms with E-state index in [1.165, 1.54) is 0 Å². The van der Waals surface area contributed by atoms with Gasteiger partial charge in [-0.25, -0.2) is 0 Å². The van der Waals surface area contributed by atoms with Crippen molar-refractivity contribution in [3.63, 3.8) is 0 Å². The molecule has 1 aromatic carbocycles. The van der Waals surface area contributed by atoms with Crippen molar-refractivity contribution in [3.8, 4) is 11.1 Å². The Morgan fingerprint density at radius 2 is 1.50 bits per heavy atom. The molecule has 130 valence electrons. The number of nitro groups is 1. The molecule has 2 aromatic rings. The van der Waals surface area contributed by atoms with Crippen LogP contribution >= 0.6 is 0 Å². The van der Waals surface area contributed by atoms with Crippen LogP contribution in [0.4, 0.5) is 5.69 Å². The van der Waals surface area contributed by atoms with Crippen LogP contribution < -0.4 is 0 Å². The number of rotatable bonds is 6. The van der Waals surface area contributed by atoms with E-state index in [0.29, 0.717) is 22.2 Å². The Labute approximate surface area is 145 Å². The third kappa shape index (κ3) is 2.93. The lowest BCUT2D eigenvalue weighted by atomic mass is 10.1. The van der Waals surface area contributed by atoms with Crippen molar-refractivity contribution in [3.05, 3.63) is 52.8 Å². The summed E-state index contributed by atoms with van der Waals surface area (Å²) >= 11 is 0. The van der Waals surface area contributed by atoms with Gasteiger partial charge in [-0.15, -0.1) is 0 Å². The minimum absolute atomic E-state index is 0.168. The van der Waals surface area contributed by atoms with E-state index in [-0.39, 0.29) is 10.6 Å². The molecule has 0 fully saturated rings. The predicted octanol–water partition coefficient (Wildman–Crippen LogP) is 6.09. The first kappa shape index (κ1) is 18.5. The largest absolute Gasteiger partial charge is 0.379 e. The van der Waals surface area contributed by atoms with Crippen molar-refractivity contribution in [1.29, 1.82) is 0 Å². The SMILES string of the molecule is CC(C)[Si](C(C)C)(C(C)C)n1ccc(-c2ccccc2[N+](=O)[O-])c1. The fourth-order valence-corrected chi connectivity index (χ4v) is 11.1. The molecule has 0 atom stereocenters. The van der Waals surface area contributed by atoms with Crippen LogP contribution in [0, 0.1) is 10.1 Å². The van der Waals surface area contributed by atoms with Gasteiger partial charge in [0.25, 0.3) is 5.69 Å². The summed E-state index contributed by atoms with van der Waals surface area (Å²) < 4.78 is 2.42. The Hall–Kier alpha value is -1.88. The zero-order chi connectivity index (χ0) is 18.1. The summed E-state index contributed by atoms with van der Waals surface area (Å²) in [6.07, 6.45) is 4.27. The number of hydrogen-bond acceptors (Lipinski definition) is 2. The summed E-state index contributed by atoms with van der Waals surface area (Å²) in [6, 6.07) is 9.01. The van der Waals surface area contributed by atoms with Crippen molar-refractivity contribution in [2.24, 2.45) is 0 Å². The molecule has 0 amide bonds. The average molecular weight is 345 g/mol. The Morgan fingerprint density at radius 3 is 2.00 bits per heavy atom. The zero-order valence-electron chi connectivity index (χ0n) is 15.5. The topological polar surface area (TPSA) is 48.1 Å². The van der Waals surface area contributed by atoms with Crippen LogP contribution in [-0.2, 0) is 0 Å². The van der Waals surface area contributed by atoms with E-state index >= 15 is 0 Å². The molecule has 0 saturated carbocycles. The van der Waals surface area contributed by atoms with Gasteiger partial charge in [-0.2, -0.15) is 0 Å². The maximum atomic E-state index is 11.3. The monoisotopic (exact) mass is 344 g/mol. The quantitative estimate of drug-likeness (QED) is 0.362. The van der Waals surface area contributed by atoms with Gasteiger partial charge in [0.2, 0.25) is 0 Å². The summed E-state index contributed by atoms with van der Waals surface area (Å²) in [5.74, 6) is 0. The highest BCUT2D eigenvalue weighted by Gasteiger charge is 2.45. The van der Waals surface area contributed by atoms with E-state index in [1.807, 2.05) is 18.2 Å². The van der Waals surface area contributed by atoms with Crippen LogP contribution in [0.3, 0.4) is 0 Å². The lowest BCUT2D eigenvalue weighted by Gasteiger charge is -2.44. The summed E-state index contributed by atoms with van der Waals surface area (Å²) in [5, 5.41) is 11.3. The van der Waals surface area contributed by atoms with Crippen molar-refractivity contribution >= 4 is 13.9 Å². The minimum Gasteiger partial charge on any atom is -0.379 e. The molecule has 0 N–H and O–H groups in total. The molecule has 1 heterocycles. The van der Waals surface area contributed by atoms with E-state index in [9.17, 15) is 10.1 Å². The summed E-state index contributed by atoms with van der Waals surface area (Å²) in [4.78, 5) is 11.0. The molecule has 0 aliphatic carbocycles. The van der Waals surface area contributed by atoms with Crippen LogP contribution in [0.25, 0.3) is 11.1 Å². The number of aromatic nitrogens is 1.